The third kappa shape index (κ3) is 3.06. The normalized spacial score (nSPS) is 11.2. The SMILES string of the molecule is O=C(O)c1cc(=O)c2cc(C=CCCS)ccc2o1. The summed E-state index contributed by atoms with van der Waals surface area (Å²) in [7, 11) is 0. The molecule has 0 aliphatic rings. The van der Waals surface area contributed by atoms with E-state index in [1.165, 1.54) is 0 Å². The Bertz CT molecular complexity index is 700. The zero-order valence-corrected chi connectivity index (χ0v) is 10.9. The zero-order valence-electron chi connectivity index (χ0n) is 10.00. The molecule has 4 nitrogen and oxygen atoms in total. The van der Waals surface area contributed by atoms with Crippen molar-refractivity contribution in [1.29, 1.82) is 0 Å². The quantitative estimate of drug-likeness (QED) is 0.843. The minimum atomic E-state index is -1.25. The number of hydrogen-bond donors (Lipinski definition) is 2. The van der Waals surface area contributed by atoms with Crippen molar-refractivity contribution < 1.29 is 14.3 Å². The van der Waals surface area contributed by atoms with Gasteiger partial charge in [-0.05, 0) is 29.9 Å². The van der Waals surface area contributed by atoms with Crippen LogP contribution in [-0.2, 0) is 0 Å². The van der Waals surface area contributed by atoms with Crippen LogP contribution in [0.2, 0.25) is 0 Å². The van der Waals surface area contributed by atoms with Crippen LogP contribution in [0.1, 0.15) is 22.5 Å². The van der Waals surface area contributed by atoms with Gasteiger partial charge in [-0.1, -0.05) is 18.2 Å². The van der Waals surface area contributed by atoms with Gasteiger partial charge in [0.1, 0.15) is 5.58 Å². The molecule has 0 aliphatic carbocycles. The maximum absolute atomic E-state index is 11.8. The highest BCUT2D eigenvalue weighted by Gasteiger charge is 2.10. The van der Waals surface area contributed by atoms with E-state index in [4.69, 9.17) is 9.52 Å². The first-order valence-corrected chi connectivity index (χ1v) is 6.33. The molecule has 98 valence electrons. The standard InChI is InChI=1S/C14H12O4S/c15-11-8-13(14(16)17)18-12-5-4-9(7-10(11)12)3-1-2-6-19/h1,3-5,7-8,19H,2,6H2,(H,16,17). The first-order chi connectivity index (χ1) is 9.11. The Balaban J connectivity index is 2.49. The van der Waals surface area contributed by atoms with Crippen LogP contribution in [0, 0.1) is 0 Å². The second-order valence-electron chi connectivity index (χ2n) is 3.95. The predicted molar refractivity (Wildman–Crippen MR) is 76.9 cm³/mol. The Kier molecular flexibility index (Phi) is 4.06. The molecule has 0 fully saturated rings. The number of hydrogen-bond acceptors (Lipinski definition) is 4. The Morgan fingerprint density at radius 1 is 1.37 bits per heavy atom. The molecule has 5 heteroatoms. The van der Waals surface area contributed by atoms with E-state index in [0.717, 1.165) is 23.8 Å². The number of fused-ring (bicyclic) bond motifs is 1. The number of thiol groups is 1. The fourth-order valence-electron chi connectivity index (χ4n) is 1.68. The zero-order chi connectivity index (χ0) is 13.8. The number of aromatic carboxylic acids is 1. The predicted octanol–water partition coefficient (Wildman–Crippen LogP) is 2.82. The Morgan fingerprint density at radius 3 is 2.84 bits per heavy atom. The summed E-state index contributed by atoms with van der Waals surface area (Å²) in [4.78, 5) is 22.6. The Hall–Kier alpha value is -2.01. The van der Waals surface area contributed by atoms with E-state index in [9.17, 15) is 9.59 Å². The van der Waals surface area contributed by atoms with Crippen molar-refractivity contribution in [1.82, 2.24) is 0 Å². The summed E-state index contributed by atoms with van der Waals surface area (Å²) in [5, 5.41) is 9.19. The summed E-state index contributed by atoms with van der Waals surface area (Å²) in [5.41, 5.74) is 0.781. The van der Waals surface area contributed by atoms with Gasteiger partial charge >= 0.3 is 5.97 Å². The third-order valence-corrected chi connectivity index (χ3v) is 2.83. The molecule has 1 N–H and O–H groups in total. The molecule has 1 aromatic carbocycles. The molecular weight excluding hydrogens is 264 g/mol. The lowest BCUT2D eigenvalue weighted by atomic mass is 10.1. The van der Waals surface area contributed by atoms with Crippen LogP contribution < -0.4 is 5.43 Å². The minimum Gasteiger partial charge on any atom is -0.475 e. The summed E-state index contributed by atoms with van der Waals surface area (Å²) in [6.45, 7) is 0. The highest BCUT2D eigenvalue weighted by Crippen LogP contribution is 2.15. The molecular formula is C14H12O4S. The smallest absolute Gasteiger partial charge is 0.371 e. The van der Waals surface area contributed by atoms with Crippen LogP contribution in [0.15, 0.2) is 39.6 Å². The van der Waals surface area contributed by atoms with E-state index in [0.29, 0.717) is 5.39 Å². The molecule has 0 unspecified atom stereocenters. The second kappa shape index (κ2) is 5.75. The van der Waals surface area contributed by atoms with Crippen molar-refractivity contribution in [2.45, 2.75) is 6.42 Å². The molecule has 0 radical (unpaired) electrons. The second-order valence-corrected chi connectivity index (χ2v) is 4.40. The van der Waals surface area contributed by atoms with E-state index in [1.54, 1.807) is 18.2 Å². The lowest BCUT2D eigenvalue weighted by Crippen LogP contribution is -2.06. The molecule has 2 rings (SSSR count). The lowest BCUT2D eigenvalue weighted by molar-refractivity contribution is 0.0663. The molecule has 0 saturated heterocycles. The fourth-order valence-corrected chi connectivity index (χ4v) is 1.83. The van der Waals surface area contributed by atoms with Gasteiger partial charge in [-0.2, -0.15) is 12.6 Å². The van der Waals surface area contributed by atoms with Crippen molar-refractivity contribution in [3.8, 4) is 0 Å². The van der Waals surface area contributed by atoms with Crippen molar-refractivity contribution in [3.63, 3.8) is 0 Å². The molecule has 19 heavy (non-hydrogen) atoms. The number of allylic oxidation sites excluding steroid dienone is 1. The van der Waals surface area contributed by atoms with Gasteiger partial charge < -0.3 is 9.52 Å². The molecule has 1 aromatic heterocycles. The molecule has 0 amide bonds. The number of carboxylic acid groups (broad SMARTS) is 1. The number of benzene rings is 1. The average molecular weight is 276 g/mol. The van der Waals surface area contributed by atoms with Gasteiger partial charge in [-0.25, -0.2) is 4.79 Å². The average Bonchev–Trinajstić information content (AvgIpc) is 2.39. The third-order valence-electron chi connectivity index (χ3n) is 2.57. The largest absolute Gasteiger partial charge is 0.475 e. The van der Waals surface area contributed by atoms with Gasteiger partial charge in [0.05, 0.1) is 5.39 Å². The van der Waals surface area contributed by atoms with Crippen LogP contribution in [0.5, 0.6) is 0 Å². The minimum absolute atomic E-state index is 0.274. The molecule has 0 bridgehead atoms. The van der Waals surface area contributed by atoms with Gasteiger partial charge in [-0.3, -0.25) is 4.79 Å². The van der Waals surface area contributed by atoms with Crippen molar-refractivity contribution in [2.75, 3.05) is 5.75 Å². The summed E-state index contributed by atoms with van der Waals surface area (Å²) < 4.78 is 5.15. The van der Waals surface area contributed by atoms with Gasteiger partial charge in [0.15, 0.2) is 5.43 Å². The fraction of sp³-hybridized carbons (Fsp3) is 0.143. The van der Waals surface area contributed by atoms with E-state index in [2.05, 4.69) is 12.6 Å². The molecule has 0 aliphatic heterocycles. The van der Waals surface area contributed by atoms with Crippen LogP contribution in [0.3, 0.4) is 0 Å². The Labute approximate surface area is 114 Å². The topological polar surface area (TPSA) is 67.5 Å². The van der Waals surface area contributed by atoms with E-state index in [1.807, 2.05) is 12.2 Å². The maximum atomic E-state index is 11.8. The van der Waals surface area contributed by atoms with Crippen LogP contribution in [0.25, 0.3) is 17.0 Å². The number of carbonyl (C=O) groups is 1. The Morgan fingerprint density at radius 2 is 2.16 bits per heavy atom. The van der Waals surface area contributed by atoms with E-state index in [-0.39, 0.29) is 16.8 Å². The molecule has 2 aromatic rings. The number of rotatable bonds is 4. The highest BCUT2D eigenvalue weighted by atomic mass is 32.1. The summed E-state index contributed by atoms with van der Waals surface area (Å²) in [6, 6.07) is 6.04. The van der Waals surface area contributed by atoms with Gasteiger partial charge in [0.2, 0.25) is 5.76 Å². The van der Waals surface area contributed by atoms with Gasteiger partial charge in [-0.15, -0.1) is 0 Å². The van der Waals surface area contributed by atoms with Crippen molar-refractivity contribution >= 4 is 35.6 Å². The summed E-state index contributed by atoms with van der Waals surface area (Å²) in [6.07, 6.45) is 4.69. The molecule has 1 heterocycles. The first-order valence-electron chi connectivity index (χ1n) is 5.70. The van der Waals surface area contributed by atoms with Crippen LogP contribution >= 0.6 is 12.6 Å². The number of carboxylic acids is 1. The van der Waals surface area contributed by atoms with Gasteiger partial charge in [0, 0.05) is 6.07 Å². The van der Waals surface area contributed by atoms with Crippen LogP contribution in [-0.4, -0.2) is 16.8 Å². The van der Waals surface area contributed by atoms with Crippen LogP contribution in [0.4, 0.5) is 0 Å². The van der Waals surface area contributed by atoms with Gasteiger partial charge in [0.25, 0.3) is 0 Å². The van der Waals surface area contributed by atoms with Crippen molar-refractivity contribution in [2.24, 2.45) is 0 Å². The first kappa shape index (κ1) is 13.4. The van der Waals surface area contributed by atoms with E-state index < -0.39 is 5.97 Å². The lowest BCUT2D eigenvalue weighted by Gasteiger charge is -2.00. The molecule has 0 atom stereocenters. The van der Waals surface area contributed by atoms with E-state index >= 15 is 0 Å². The monoisotopic (exact) mass is 276 g/mol. The molecule has 0 spiro atoms. The summed E-state index contributed by atoms with van der Waals surface area (Å²) >= 11 is 4.10. The van der Waals surface area contributed by atoms with Crippen molar-refractivity contribution in [3.05, 3.63) is 51.9 Å². The summed E-state index contributed by atoms with van der Waals surface area (Å²) in [5.74, 6) is -0.846. The molecule has 0 saturated carbocycles. The highest BCUT2D eigenvalue weighted by molar-refractivity contribution is 7.80. The maximum Gasteiger partial charge on any atom is 0.371 e.